The Labute approximate surface area is 269 Å². The Morgan fingerprint density at radius 2 is 1.41 bits per heavy atom. The van der Waals surface area contributed by atoms with Gasteiger partial charge in [0.2, 0.25) is 5.91 Å². The van der Waals surface area contributed by atoms with Gasteiger partial charge in [0.15, 0.2) is 23.0 Å². The Balaban J connectivity index is 1.91. The predicted octanol–water partition coefficient (Wildman–Crippen LogP) is 5.47. The van der Waals surface area contributed by atoms with Gasteiger partial charge in [-0.15, -0.1) is 0 Å². The Bertz CT molecular complexity index is 1690. The van der Waals surface area contributed by atoms with Crippen molar-refractivity contribution in [3.8, 4) is 34.5 Å². The van der Waals surface area contributed by atoms with Crippen molar-refractivity contribution < 1.29 is 42.7 Å². The summed E-state index contributed by atoms with van der Waals surface area (Å²) in [7, 11) is 10.7. The fourth-order valence-electron chi connectivity index (χ4n) is 6.81. The molecule has 2 aliphatic rings. The highest BCUT2D eigenvalue weighted by Crippen LogP contribution is 2.55. The van der Waals surface area contributed by atoms with Crippen molar-refractivity contribution in [3.05, 3.63) is 75.5 Å². The van der Waals surface area contributed by atoms with E-state index in [1.165, 1.54) is 12.0 Å². The van der Waals surface area contributed by atoms with E-state index in [2.05, 4.69) is 0 Å². The molecule has 0 N–H and O–H groups in total. The summed E-state index contributed by atoms with van der Waals surface area (Å²) in [5.41, 5.74) is 4.83. The van der Waals surface area contributed by atoms with Gasteiger partial charge in [-0.3, -0.25) is 9.69 Å². The summed E-state index contributed by atoms with van der Waals surface area (Å²) in [6.45, 7) is 3.99. The number of rotatable bonds is 9. The van der Waals surface area contributed by atoms with Gasteiger partial charge in [0, 0.05) is 39.9 Å². The van der Waals surface area contributed by atoms with Crippen molar-refractivity contribution in [2.45, 2.75) is 38.9 Å². The third-order valence-electron chi connectivity index (χ3n) is 8.73. The van der Waals surface area contributed by atoms with Gasteiger partial charge < -0.3 is 38.1 Å². The minimum absolute atomic E-state index is 0.182. The molecule has 11 nitrogen and oxygen atoms in total. The van der Waals surface area contributed by atoms with Gasteiger partial charge >= 0.3 is 6.09 Å². The van der Waals surface area contributed by atoms with Crippen LogP contribution in [0, 0.1) is 13.8 Å². The Morgan fingerprint density at radius 1 is 0.804 bits per heavy atom. The molecule has 0 aliphatic carbocycles. The first-order valence-electron chi connectivity index (χ1n) is 14.7. The number of piperazine rings is 1. The average Bonchev–Trinajstić information content (AvgIpc) is 3.07. The van der Waals surface area contributed by atoms with Crippen LogP contribution in [0.5, 0.6) is 34.5 Å². The molecule has 2 aliphatic heterocycles. The van der Waals surface area contributed by atoms with Gasteiger partial charge in [-0.25, -0.2) is 4.79 Å². The van der Waals surface area contributed by atoms with Gasteiger partial charge in [-0.2, -0.15) is 0 Å². The monoisotopic (exact) mass is 632 g/mol. The van der Waals surface area contributed by atoms with Gasteiger partial charge in [-0.05, 0) is 31.6 Å². The summed E-state index contributed by atoms with van der Waals surface area (Å²) in [6.07, 6.45) is 1.37. The van der Waals surface area contributed by atoms with E-state index in [1.807, 2.05) is 50.3 Å². The van der Waals surface area contributed by atoms with Crippen LogP contribution in [0.2, 0.25) is 0 Å². The Kier molecular flexibility index (Phi) is 9.22. The van der Waals surface area contributed by atoms with Crippen LogP contribution in [0.15, 0.2) is 42.1 Å². The second kappa shape index (κ2) is 13.1. The molecular formula is C35H40N2O9. The van der Waals surface area contributed by atoms with Crippen molar-refractivity contribution in [3.63, 3.8) is 0 Å². The quantitative estimate of drug-likeness (QED) is 0.304. The lowest BCUT2D eigenvalue weighted by Gasteiger charge is -2.51. The average molecular weight is 633 g/mol. The molecule has 0 radical (unpaired) electrons. The van der Waals surface area contributed by atoms with Crippen LogP contribution < -0.4 is 28.4 Å². The minimum Gasteiger partial charge on any atom is -0.496 e. The van der Waals surface area contributed by atoms with E-state index >= 15 is 0 Å². The van der Waals surface area contributed by atoms with Crippen molar-refractivity contribution in [1.82, 2.24) is 9.80 Å². The van der Waals surface area contributed by atoms with Gasteiger partial charge in [0.25, 0.3) is 0 Å². The summed E-state index contributed by atoms with van der Waals surface area (Å²) < 4.78 is 40.3. The highest BCUT2D eigenvalue weighted by Gasteiger charge is 2.53. The first-order chi connectivity index (χ1) is 22.2. The lowest BCUT2D eigenvalue weighted by molar-refractivity contribution is -0.141. The molecule has 244 valence electrons. The topological polar surface area (TPSA) is 105 Å². The van der Waals surface area contributed by atoms with E-state index < -0.39 is 18.2 Å². The molecule has 2 amide bonds. The zero-order valence-corrected chi connectivity index (χ0v) is 27.7. The molecule has 3 aromatic rings. The number of fused-ring (bicyclic) bond motifs is 4. The predicted molar refractivity (Wildman–Crippen MR) is 171 cm³/mol. The molecule has 0 aromatic heterocycles. The lowest BCUT2D eigenvalue weighted by atomic mass is 9.80. The molecule has 2 atom stereocenters. The van der Waals surface area contributed by atoms with E-state index in [0.717, 1.165) is 16.7 Å². The Morgan fingerprint density at radius 3 is 1.98 bits per heavy atom. The number of methoxy groups -OCH3 is 7. The smallest absolute Gasteiger partial charge is 0.411 e. The lowest BCUT2D eigenvalue weighted by Crippen LogP contribution is -2.61. The van der Waals surface area contributed by atoms with Crippen molar-refractivity contribution in [2.75, 3.05) is 49.8 Å². The molecule has 2 unspecified atom stereocenters. The van der Waals surface area contributed by atoms with E-state index in [-0.39, 0.29) is 18.9 Å². The van der Waals surface area contributed by atoms with E-state index in [4.69, 9.17) is 33.2 Å². The van der Waals surface area contributed by atoms with Crippen LogP contribution in [0.4, 0.5) is 4.79 Å². The van der Waals surface area contributed by atoms with E-state index in [1.54, 1.807) is 53.6 Å². The summed E-state index contributed by atoms with van der Waals surface area (Å²) in [5, 5.41) is 0. The molecule has 2 bridgehead atoms. The number of nitrogens with zero attached hydrogens (tertiary/aromatic N) is 2. The molecule has 1 saturated heterocycles. The van der Waals surface area contributed by atoms with Gasteiger partial charge in [0.1, 0.15) is 23.6 Å². The minimum atomic E-state index is -0.883. The normalized spacial score (nSPS) is 17.8. The number of hydrogen-bond acceptors (Lipinski definition) is 9. The molecule has 3 aromatic carbocycles. The van der Waals surface area contributed by atoms with E-state index in [9.17, 15) is 9.59 Å². The van der Waals surface area contributed by atoms with Crippen molar-refractivity contribution in [1.29, 1.82) is 0 Å². The molecule has 11 heteroatoms. The first-order valence-corrected chi connectivity index (χ1v) is 14.7. The zero-order chi connectivity index (χ0) is 33.3. The summed E-state index contributed by atoms with van der Waals surface area (Å²) in [4.78, 5) is 31.5. The standard InChI is InChI=1S/C35H40N2O9/c1-19-29(41-4)22(16-26(40-3)31(19)43-6)15-24-28-27-23(30(42-5)20(2)32(44-7)33(27)45-8)17-25(37(28)35(39)46-9)34(38)36(24)18-21-13-11-10-12-14-21/h10-16,25,28H,17-18H2,1-9H3/b24-15-. The largest absolute Gasteiger partial charge is 0.496 e. The maximum Gasteiger partial charge on any atom is 0.411 e. The third-order valence-corrected chi connectivity index (χ3v) is 8.73. The molecule has 0 saturated carbocycles. The van der Waals surface area contributed by atoms with Crippen LogP contribution in [0.1, 0.15) is 39.4 Å². The van der Waals surface area contributed by atoms with Crippen molar-refractivity contribution >= 4 is 18.1 Å². The van der Waals surface area contributed by atoms with Crippen LogP contribution in [-0.4, -0.2) is 77.6 Å². The fourth-order valence-corrected chi connectivity index (χ4v) is 6.81. The third kappa shape index (κ3) is 5.09. The Hall–Kier alpha value is -5.06. The van der Waals surface area contributed by atoms with Gasteiger partial charge in [-0.1, -0.05) is 30.3 Å². The van der Waals surface area contributed by atoms with Crippen LogP contribution in [-0.2, 0) is 22.5 Å². The SMILES string of the molecule is COC(=O)N1C2Cc3c(OC)c(C)c(OC)c(OC)c3C1/C(=C/c1cc(OC)c(OC)c(C)c1OC)N(Cc1ccccc1)C2=O. The molecule has 2 heterocycles. The number of hydrogen-bond donors (Lipinski definition) is 0. The molecule has 46 heavy (non-hydrogen) atoms. The molecular weight excluding hydrogens is 592 g/mol. The van der Waals surface area contributed by atoms with Crippen LogP contribution >= 0.6 is 0 Å². The molecule has 5 rings (SSSR count). The number of benzene rings is 3. The second-order valence-corrected chi connectivity index (χ2v) is 11.0. The highest BCUT2D eigenvalue weighted by atomic mass is 16.5. The van der Waals surface area contributed by atoms with Gasteiger partial charge in [0.05, 0.1) is 56.3 Å². The van der Waals surface area contributed by atoms with Crippen LogP contribution in [0.3, 0.4) is 0 Å². The fraction of sp³-hybridized carbons (Fsp3) is 0.371. The maximum atomic E-state index is 14.7. The number of carbonyl (C=O) groups is 2. The summed E-state index contributed by atoms with van der Waals surface area (Å²) in [5.74, 6) is 2.71. The maximum absolute atomic E-state index is 14.7. The first kappa shape index (κ1) is 32.3. The molecule has 1 fully saturated rings. The van der Waals surface area contributed by atoms with E-state index in [0.29, 0.717) is 56.9 Å². The number of carbonyl (C=O) groups excluding carboxylic acids is 2. The number of ether oxygens (including phenoxy) is 7. The highest BCUT2D eigenvalue weighted by molar-refractivity contribution is 5.93. The molecule has 0 spiro atoms. The van der Waals surface area contributed by atoms with Crippen LogP contribution in [0.25, 0.3) is 6.08 Å². The summed E-state index contributed by atoms with van der Waals surface area (Å²) >= 11 is 0. The second-order valence-electron chi connectivity index (χ2n) is 11.0. The summed E-state index contributed by atoms with van der Waals surface area (Å²) in [6, 6.07) is 9.74. The zero-order valence-electron chi connectivity index (χ0n) is 27.7. The van der Waals surface area contributed by atoms with Crippen molar-refractivity contribution in [2.24, 2.45) is 0 Å². The number of amides is 2.